The fourth-order valence-electron chi connectivity index (χ4n) is 4.60. The Morgan fingerprint density at radius 2 is 1.97 bits per heavy atom. The highest BCUT2D eigenvalue weighted by Gasteiger charge is 2.55. The summed E-state index contributed by atoms with van der Waals surface area (Å²) in [5.41, 5.74) is 2.19. The number of likely N-dealkylation sites (tertiary alicyclic amines) is 1. The van der Waals surface area contributed by atoms with E-state index in [0.717, 1.165) is 48.8 Å². The molecule has 2 fully saturated rings. The number of ether oxygens (including phenoxy) is 2. The van der Waals surface area contributed by atoms with Gasteiger partial charge < -0.3 is 24.6 Å². The summed E-state index contributed by atoms with van der Waals surface area (Å²) < 4.78 is 11.3. The Morgan fingerprint density at radius 1 is 1.12 bits per heavy atom. The number of hydrogen-bond donors (Lipinski definition) is 1. The number of fused-ring (bicyclic) bond motifs is 2. The number of amides is 1. The van der Waals surface area contributed by atoms with E-state index in [2.05, 4.69) is 26.8 Å². The number of nitrogens with one attached hydrogen (secondary N) is 1. The Hall–Kier alpha value is -3.88. The monoisotopic (exact) mass is 430 g/mol. The molecule has 2 aromatic heterocycles. The summed E-state index contributed by atoms with van der Waals surface area (Å²) in [6.07, 6.45) is 3.93. The van der Waals surface area contributed by atoms with Gasteiger partial charge in [-0.2, -0.15) is 0 Å². The van der Waals surface area contributed by atoms with E-state index in [-0.39, 0.29) is 11.4 Å². The van der Waals surface area contributed by atoms with Crippen LogP contribution in [-0.2, 0) is 4.79 Å². The van der Waals surface area contributed by atoms with Crippen LogP contribution in [0.15, 0.2) is 49.3 Å². The zero-order chi connectivity index (χ0) is 21.7. The van der Waals surface area contributed by atoms with Gasteiger partial charge in [-0.05, 0) is 36.8 Å². The molecule has 1 amide bonds. The third kappa shape index (κ3) is 2.92. The number of carbonyl (C=O) groups is 1. The maximum absolute atomic E-state index is 12.1. The van der Waals surface area contributed by atoms with Crippen molar-refractivity contribution in [1.29, 1.82) is 0 Å². The van der Waals surface area contributed by atoms with Crippen molar-refractivity contribution in [2.75, 3.05) is 43.1 Å². The zero-order valence-electron chi connectivity index (χ0n) is 17.5. The zero-order valence-corrected chi connectivity index (χ0v) is 17.5. The molecule has 3 aliphatic rings. The smallest absolute Gasteiger partial charge is 0.246 e. The van der Waals surface area contributed by atoms with Crippen LogP contribution in [0.25, 0.3) is 11.0 Å². The number of aromatic nitrogens is 3. The Morgan fingerprint density at radius 3 is 2.75 bits per heavy atom. The molecule has 5 heterocycles. The molecule has 1 spiro atoms. The fourth-order valence-corrected chi connectivity index (χ4v) is 4.60. The lowest BCUT2D eigenvalue weighted by Crippen LogP contribution is -2.78. The van der Waals surface area contributed by atoms with Crippen LogP contribution >= 0.6 is 0 Å². The van der Waals surface area contributed by atoms with Crippen molar-refractivity contribution in [1.82, 2.24) is 19.9 Å². The molecule has 6 rings (SSSR count). The Bertz CT molecular complexity index is 1240. The number of benzene rings is 1. The average molecular weight is 430 g/mol. The topological polar surface area (TPSA) is 92.7 Å². The van der Waals surface area contributed by atoms with Gasteiger partial charge in [0, 0.05) is 31.4 Å². The molecule has 1 aromatic carbocycles. The van der Waals surface area contributed by atoms with Crippen LogP contribution in [0.2, 0.25) is 0 Å². The fraction of sp³-hybridized carbons (Fsp3) is 0.304. The van der Waals surface area contributed by atoms with Gasteiger partial charge in [-0.3, -0.25) is 4.79 Å². The molecule has 2 saturated heterocycles. The molecule has 0 bridgehead atoms. The number of hydrogen-bond acceptors (Lipinski definition) is 8. The number of pyridine rings is 1. The van der Waals surface area contributed by atoms with Gasteiger partial charge in [-0.25, -0.2) is 15.0 Å². The molecule has 9 nitrogen and oxygen atoms in total. The van der Waals surface area contributed by atoms with Crippen LogP contribution in [0.5, 0.6) is 11.5 Å². The molecule has 3 aromatic rings. The Labute approximate surface area is 184 Å². The molecular formula is C23H22N6O3. The molecule has 1 N–H and O–H groups in total. The largest absolute Gasteiger partial charge is 0.486 e. The predicted molar refractivity (Wildman–Crippen MR) is 120 cm³/mol. The standard InChI is InChI=1S/C23H22N6O3/c1-2-20(30)29-8-7-23(29)12-28(13-23)19-6-4-16-21(27-19)22(25-14-24-16)26-15-3-5-17-18(11-15)32-10-9-31-17/h2-6,11,14H,1,7-10,12-13H2,(H,24,25,26). The molecule has 9 heteroatoms. The maximum Gasteiger partial charge on any atom is 0.246 e. The van der Waals surface area contributed by atoms with E-state index >= 15 is 0 Å². The summed E-state index contributed by atoms with van der Waals surface area (Å²) in [6.45, 7) is 7.03. The maximum atomic E-state index is 12.1. The highest BCUT2D eigenvalue weighted by atomic mass is 16.6. The number of nitrogens with zero attached hydrogens (tertiary/aromatic N) is 5. The first-order chi connectivity index (χ1) is 15.6. The third-order valence-electron chi connectivity index (χ3n) is 6.38. The first-order valence-electron chi connectivity index (χ1n) is 10.6. The summed E-state index contributed by atoms with van der Waals surface area (Å²) in [7, 11) is 0. The number of anilines is 3. The van der Waals surface area contributed by atoms with Gasteiger partial charge in [-0.1, -0.05) is 6.58 Å². The lowest BCUT2D eigenvalue weighted by Gasteiger charge is -2.62. The number of rotatable bonds is 4. The molecule has 0 saturated carbocycles. The Balaban J connectivity index is 1.26. The van der Waals surface area contributed by atoms with Crippen LogP contribution in [0, 0.1) is 0 Å². The normalized spacial score (nSPS) is 18.1. The van der Waals surface area contributed by atoms with Crippen molar-refractivity contribution < 1.29 is 14.3 Å². The van der Waals surface area contributed by atoms with Crippen molar-refractivity contribution in [3.63, 3.8) is 0 Å². The second-order valence-corrected chi connectivity index (χ2v) is 8.27. The molecular weight excluding hydrogens is 408 g/mol. The van der Waals surface area contributed by atoms with Crippen molar-refractivity contribution >= 4 is 34.3 Å². The van der Waals surface area contributed by atoms with Crippen LogP contribution in [0.3, 0.4) is 0 Å². The van der Waals surface area contributed by atoms with Crippen LogP contribution in [0.1, 0.15) is 6.42 Å². The summed E-state index contributed by atoms with van der Waals surface area (Å²) in [5, 5.41) is 3.34. The minimum absolute atomic E-state index is 0.00156. The molecule has 0 atom stereocenters. The van der Waals surface area contributed by atoms with E-state index in [4.69, 9.17) is 14.5 Å². The molecule has 3 aliphatic heterocycles. The lowest BCUT2D eigenvalue weighted by molar-refractivity contribution is -0.144. The van der Waals surface area contributed by atoms with Gasteiger partial charge in [0.15, 0.2) is 17.3 Å². The van der Waals surface area contributed by atoms with Crippen LogP contribution < -0.4 is 19.7 Å². The van der Waals surface area contributed by atoms with Crippen LogP contribution in [-0.4, -0.2) is 64.1 Å². The lowest BCUT2D eigenvalue weighted by atomic mass is 9.77. The van der Waals surface area contributed by atoms with Crippen molar-refractivity contribution in [2.45, 2.75) is 12.0 Å². The van der Waals surface area contributed by atoms with Crippen molar-refractivity contribution in [3.8, 4) is 11.5 Å². The van der Waals surface area contributed by atoms with Crippen LogP contribution in [0.4, 0.5) is 17.3 Å². The second kappa shape index (κ2) is 7.08. The van der Waals surface area contributed by atoms with E-state index in [1.165, 1.54) is 12.4 Å². The van der Waals surface area contributed by atoms with E-state index in [0.29, 0.717) is 30.3 Å². The molecule has 0 unspecified atom stereocenters. The number of carbonyl (C=O) groups excluding carboxylic acids is 1. The molecule has 162 valence electrons. The minimum atomic E-state index is -0.0820. The first-order valence-corrected chi connectivity index (χ1v) is 10.6. The predicted octanol–water partition coefficient (Wildman–Crippen LogP) is 2.52. The quantitative estimate of drug-likeness (QED) is 0.632. The Kier molecular flexibility index (Phi) is 4.17. The molecule has 32 heavy (non-hydrogen) atoms. The highest BCUT2D eigenvalue weighted by molar-refractivity contribution is 5.90. The SMILES string of the molecule is C=CC(=O)N1CCC12CN(c1ccc3ncnc(Nc4ccc5c(c4)OCCO5)c3n1)C2. The van der Waals surface area contributed by atoms with Gasteiger partial charge in [0.1, 0.15) is 30.9 Å². The van der Waals surface area contributed by atoms with E-state index in [1.807, 2.05) is 35.2 Å². The second-order valence-electron chi connectivity index (χ2n) is 8.27. The van der Waals surface area contributed by atoms with E-state index in [1.54, 1.807) is 0 Å². The van der Waals surface area contributed by atoms with Crippen molar-refractivity contribution in [3.05, 3.63) is 49.3 Å². The average Bonchev–Trinajstić information content (AvgIpc) is 2.78. The summed E-state index contributed by atoms with van der Waals surface area (Å²) in [5.74, 6) is 2.92. The van der Waals surface area contributed by atoms with Gasteiger partial charge >= 0.3 is 0 Å². The van der Waals surface area contributed by atoms with Gasteiger partial charge in [0.2, 0.25) is 5.91 Å². The highest BCUT2D eigenvalue weighted by Crippen LogP contribution is 2.41. The van der Waals surface area contributed by atoms with Gasteiger partial charge in [-0.15, -0.1) is 0 Å². The summed E-state index contributed by atoms with van der Waals surface area (Å²) >= 11 is 0. The van der Waals surface area contributed by atoms with E-state index in [9.17, 15) is 4.79 Å². The van der Waals surface area contributed by atoms with E-state index < -0.39 is 0 Å². The molecule has 0 radical (unpaired) electrons. The first kappa shape index (κ1) is 18.9. The summed E-state index contributed by atoms with van der Waals surface area (Å²) in [4.78, 5) is 29.8. The summed E-state index contributed by atoms with van der Waals surface area (Å²) in [6, 6.07) is 9.62. The minimum Gasteiger partial charge on any atom is -0.486 e. The van der Waals surface area contributed by atoms with Gasteiger partial charge in [0.25, 0.3) is 0 Å². The third-order valence-corrected chi connectivity index (χ3v) is 6.38. The van der Waals surface area contributed by atoms with Gasteiger partial charge in [0.05, 0.1) is 11.1 Å². The van der Waals surface area contributed by atoms with Crippen molar-refractivity contribution in [2.24, 2.45) is 0 Å². The molecule has 0 aliphatic carbocycles.